The first-order chi connectivity index (χ1) is 18.2. The summed E-state index contributed by atoms with van der Waals surface area (Å²) in [5.41, 5.74) is 3.00. The minimum Gasteiger partial charge on any atom is -0.497 e. The van der Waals surface area contributed by atoms with E-state index >= 15 is 0 Å². The number of methoxy groups -OCH3 is 2. The van der Waals surface area contributed by atoms with Crippen LogP contribution in [0.5, 0.6) is 17.2 Å². The molecule has 5 rings (SSSR count). The van der Waals surface area contributed by atoms with Crippen LogP contribution in [0, 0.1) is 0 Å². The Balaban J connectivity index is 0.00000336. The lowest BCUT2D eigenvalue weighted by molar-refractivity contribution is -0.117. The molecule has 1 heterocycles. The van der Waals surface area contributed by atoms with E-state index in [0.717, 1.165) is 67.0 Å². The Labute approximate surface area is 232 Å². The second-order valence-electron chi connectivity index (χ2n) is 9.80. The summed E-state index contributed by atoms with van der Waals surface area (Å²) in [6.07, 6.45) is 5.51. The molecular formula is C33H38ClNO3. The zero-order chi connectivity index (χ0) is 25.7. The summed E-state index contributed by atoms with van der Waals surface area (Å²) in [5.74, 6) is 2.62. The molecule has 1 fully saturated rings. The van der Waals surface area contributed by atoms with Crippen molar-refractivity contribution in [3.63, 3.8) is 0 Å². The van der Waals surface area contributed by atoms with E-state index in [0.29, 0.717) is 0 Å². The second kappa shape index (κ2) is 12.6. The maximum Gasteiger partial charge on any atom is 0.190 e. The van der Waals surface area contributed by atoms with Gasteiger partial charge in [-0.1, -0.05) is 61.9 Å². The number of hydrogen-bond donors (Lipinski definition) is 0. The molecule has 0 radical (unpaired) electrons. The quantitative estimate of drug-likeness (QED) is 0.217. The molecule has 0 saturated carbocycles. The van der Waals surface area contributed by atoms with Gasteiger partial charge in [-0.2, -0.15) is 0 Å². The van der Waals surface area contributed by atoms with Gasteiger partial charge in [0.25, 0.3) is 0 Å². The van der Waals surface area contributed by atoms with Gasteiger partial charge < -0.3 is 14.2 Å². The summed E-state index contributed by atoms with van der Waals surface area (Å²) in [4.78, 5) is 2.60. The number of halogens is 1. The molecule has 1 aliphatic rings. The van der Waals surface area contributed by atoms with Crippen molar-refractivity contribution < 1.29 is 14.2 Å². The molecule has 1 aliphatic heterocycles. The SMILES string of the molecule is CCCCN1CCCCC1(Oc1ccccc1)c1c(-c2ccc(OC)cc2)ccc2cc(OC)ccc12.Cl. The van der Waals surface area contributed by atoms with Crippen LogP contribution in [0.15, 0.2) is 84.9 Å². The molecule has 4 aromatic rings. The summed E-state index contributed by atoms with van der Waals surface area (Å²) in [7, 11) is 3.43. The smallest absolute Gasteiger partial charge is 0.190 e. The predicted molar refractivity (Wildman–Crippen MR) is 159 cm³/mol. The van der Waals surface area contributed by atoms with Gasteiger partial charge >= 0.3 is 0 Å². The molecule has 200 valence electrons. The number of nitrogens with zero attached hydrogens (tertiary/aromatic N) is 1. The minimum atomic E-state index is -0.585. The third-order valence-electron chi connectivity index (χ3n) is 7.53. The van der Waals surface area contributed by atoms with Gasteiger partial charge in [-0.05, 0) is 77.6 Å². The number of hydrogen-bond acceptors (Lipinski definition) is 4. The summed E-state index contributed by atoms with van der Waals surface area (Å²) < 4.78 is 18.2. The Morgan fingerprint density at radius 2 is 1.53 bits per heavy atom. The Bertz CT molecular complexity index is 1330. The number of unbranched alkanes of at least 4 members (excludes halogenated alkanes) is 1. The van der Waals surface area contributed by atoms with E-state index in [2.05, 4.69) is 78.6 Å². The fraction of sp³-hybridized carbons (Fsp3) is 0.333. The monoisotopic (exact) mass is 531 g/mol. The van der Waals surface area contributed by atoms with Crippen molar-refractivity contribution in [1.82, 2.24) is 4.90 Å². The molecule has 1 atom stereocenters. The van der Waals surface area contributed by atoms with Crippen molar-refractivity contribution in [2.24, 2.45) is 0 Å². The lowest BCUT2D eigenvalue weighted by atomic mass is 9.82. The first-order valence-corrected chi connectivity index (χ1v) is 13.4. The highest BCUT2D eigenvalue weighted by atomic mass is 35.5. The average Bonchev–Trinajstić information content (AvgIpc) is 2.96. The second-order valence-corrected chi connectivity index (χ2v) is 9.80. The van der Waals surface area contributed by atoms with Crippen LogP contribution in [0.25, 0.3) is 21.9 Å². The molecule has 0 N–H and O–H groups in total. The van der Waals surface area contributed by atoms with Crippen LogP contribution in [-0.2, 0) is 5.72 Å². The fourth-order valence-electron chi connectivity index (χ4n) is 5.65. The number of ether oxygens (including phenoxy) is 3. The molecular weight excluding hydrogens is 494 g/mol. The van der Waals surface area contributed by atoms with Crippen LogP contribution < -0.4 is 14.2 Å². The van der Waals surface area contributed by atoms with E-state index in [1.165, 1.54) is 22.9 Å². The molecule has 0 aromatic heterocycles. The van der Waals surface area contributed by atoms with E-state index in [4.69, 9.17) is 14.2 Å². The fourth-order valence-corrected chi connectivity index (χ4v) is 5.65. The van der Waals surface area contributed by atoms with Crippen LogP contribution in [0.1, 0.15) is 44.6 Å². The summed E-state index contributed by atoms with van der Waals surface area (Å²) >= 11 is 0. The molecule has 0 spiro atoms. The van der Waals surface area contributed by atoms with Crippen LogP contribution >= 0.6 is 12.4 Å². The highest BCUT2D eigenvalue weighted by Gasteiger charge is 2.45. The zero-order valence-corrected chi connectivity index (χ0v) is 23.4. The Hall–Kier alpha value is -3.21. The van der Waals surface area contributed by atoms with Crippen molar-refractivity contribution in [3.8, 4) is 28.4 Å². The molecule has 38 heavy (non-hydrogen) atoms. The first-order valence-electron chi connectivity index (χ1n) is 13.4. The maximum atomic E-state index is 7.18. The zero-order valence-electron chi connectivity index (χ0n) is 22.6. The number of likely N-dealkylation sites (tertiary alicyclic amines) is 1. The minimum absolute atomic E-state index is 0. The molecule has 4 aromatic carbocycles. The lowest BCUT2D eigenvalue weighted by Crippen LogP contribution is -2.54. The van der Waals surface area contributed by atoms with E-state index in [1.54, 1.807) is 14.2 Å². The van der Waals surface area contributed by atoms with Crippen molar-refractivity contribution >= 4 is 23.2 Å². The van der Waals surface area contributed by atoms with Crippen molar-refractivity contribution in [1.29, 1.82) is 0 Å². The summed E-state index contributed by atoms with van der Waals surface area (Å²) in [5, 5.41) is 2.36. The lowest BCUT2D eigenvalue weighted by Gasteiger charge is -2.48. The Kier molecular flexibility index (Phi) is 9.19. The van der Waals surface area contributed by atoms with Crippen LogP contribution in [0.4, 0.5) is 0 Å². The van der Waals surface area contributed by atoms with Crippen LogP contribution in [0.2, 0.25) is 0 Å². The van der Waals surface area contributed by atoms with Crippen molar-refractivity contribution in [3.05, 3.63) is 90.5 Å². The van der Waals surface area contributed by atoms with E-state index in [9.17, 15) is 0 Å². The molecule has 1 saturated heterocycles. The van der Waals surface area contributed by atoms with Gasteiger partial charge in [-0.25, -0.2) is 0 Å². The van der Waals surface area contributed by atoms with Gasteiger partial charge in [0.15, 0.2) is 5.72 Å². The predicted octanol–water partition coefficient (Wildman–Crippen LogP) is 8.46. The van der Waals surface area contributed by atoms with Gasteiger partial charge in [0.2, 0.25) is 0 Å². The third-order valence-corrected chi connectivity index (χ3v) is 7.53. The van der Waals surface area contributed by atoms with E-state index < -0.39 is 5.72 Å². The van der Waals surface area contributed by atoms with Gasteiger partial charge in [0, 0.05) is 25.1 Å². The molecule has 0 bridgehead atoms. The highest BCUT2D eigenvalue weighted by molar-refractivity contribution is 5.93. The molecule has 0 amide bonds. The first kappa shape index (κ1) is 27.8. The standard InChI is InChI=1S/C33H37NO3.ClH/c1-4-5-22-34-23-10-9-21-33(34,37-28-11-7-6-8-12-28)32-30(25-13-16-27(35-2)17-14-25)19-15-26-24-29(36-3)18-20-31(26)32;/h6-8,11-20,24H,4-5,9-10,21-23H2,1-3H3;1H. The molecule has 1 unspecified atom stereocenters. The maximum absolute atomic E-state index is 7.18. The topological polar surface area (TPSA) is 30.9 Å². The molecule has 5 heteroatoms. The van der Waals surface area contributed by atoms with E-state index in [1.807, 2.05) is 18.2 Å². The summed E-state index contributed by atoms with van der Waals surface area (Å²) in [6, 6.07) is 29.6. The Morgan fingerprint density at radius 3 is 2.24 bits per heavy atom. The van der Waals surface area contributed by atoms with Gasteiger partial charge in [-0.3, -0.25) is 4.90 Å². The number of rotatable bonds is 9. The Morgan fingerprint density at radius 1 is 0.789 bits per heavy atom. The van der Waals surface area contributed by atoms with Crippen molar-refractivity contribution in [2.75, 3.05) is 27.3 Å². The van der Waals surface area contributed by atoms with Crippen molar-refractivity contribution in [2.45, 2.75) is 44.8 Å². The highest BCUT2D eigenvalue weighted by Crippen LogP contribution is 2.47. The number of fused-ring (bicyclic) bond motifs is 1. The van der Waals surface area contributed by atoms with Crippen LogP contribution in [0.3, 0.4) is 0 Å². The molecule has 4 nitrogen and oxygen atoms in total. The average molecular weight is 532 g/mol. The summed E-state index contributed by atoms with van der Waals surface area (Å²) in [6.45, 7) is 4.27. The largest absolute Gasteiger partial charge is 0.497 e. The van der Waals surface area contributed by atoms with Gasteiger partial charge in [0.1, 0.15) is 17.2 Å². The van der Waals surface area contributed by atoms with E-state index in [-0.39, 0.29) is 12.4 Å². The number of piperidine rings is 1. The third kappa shape index (κ3) is 5.48. The number of para-hydroxylation sites is 1. The van der Waals surface area contributed by atoms with Gasteiger partial charge in [0.05, 0.1) is 14.2 Å². The normalized spacial score (nSPS) is 17.6. The number of benzene rings is 4. The van der Waals surface area contributed by atoms with Crippen LogP contribution in [-0.4, -0.2) is 32.2 Å². The van der Waals surface area contributed by atoms with Gasteiger partial charge in [-0.15, -0.1) is 12.4 Å². The molecule has 0 aliphatic carbocycles.